The molecule has 0 N–H and O–H groups in total. The van der Waals surface area contributed by atoms with Gasteiger partial charge in [0.15, 0.2) is 0 Å². The van der Waals surface area contributed by atoms with Crippen molar-refractivity contribution in [2.75, 3.05) is 0 Å². The summed E-state index contributed by atoms with van der Waals surface area (Å²) < 4.78 is 0. The molecule has 3 aromatic carbocycles. The summed E-state index contributed by atoms with van der Waals surface area (Å²) in [6.45, 7) is 2.08. The number of aryl methyl sites for hydroxylation is 1. The molecule has 3 rings (SSSR count). The Morgan fingerprint density at radius 3 is 1.70 bits per heavy atom. The summed E-state index contributed by atoms with van der Waals surface area (Å²) in [6.07, 6.45) is 2.14. The van der Waals surface area contributed by atoms with Gasteiger partial charge in [-0.3, -0.25) is 0 Å². The van der Waals surface area contributed by atoms with E-state index in [1.54, 1.807) is 0 Å². The summed E-state index contributed by atoms with van der Waals surface area (Å²) in [5.41, 5.74) is 4.77. The van der Waals surface area contributed by atoms with Gasteiger partial charge in [-0.1, -0.05) is 108 Å². The van der Waals surface area contributed by atoms with Crippen LogP contribution in [-0.2, 0) is 0 Å². The largest absolute Gasteiger partial charge is 0.0840 e. The Kier molecular flexibility index (Phi) is 4.95. The van der Waals surface area contributed by atoms with E-state index in [0.717, 1.165) is 10.6 Å². The first kappa shape index (κ1) is 15.6. The van der Waals surface area contributed by atoms with Gasteiger partial charge in [0, 0.05) is 11.0 Å². The molecular weight excluding hydrogens is 300 g/mol. The van der Waals surface area contributed by atoms with Crippen molar-refractivity contribution in [3.05, 3.63) is 113 Å². The maximum Gasteiger partial charge on any atom is 0.0448 e. The number of halogens is 1. The quantitative estimate of drug-likeness (QED) is 0.521. The molecule has 3 aromatic rings. The molecule has 0 saturated heterocycles. The van der Waals surface area contributed by atoms with Crippen LogP contribution in [0.2, 0.25) is 0 Å². The van der Waals surface area contributed by atoms with Crippen LogP contribution in [0.1, 0.15) is 28.2 Å². The van der Waals surface area contributed by atoms with Crippen LogP contribution in [0.4, 0.5) is 0 Å². The molecule has 0 atom stereocenters. The second kappa shape index (κ2) is 7.30. The molecule has 1 heteroatoms. The van der Waals surface area contributed by atoms with Gasteiger partial charge in [0.2, 0.25) is 0 Å². The summed E-state index contributed by atoms with van der Waals surface area (Å²) in [5, 5.41) is 0.780. The van der Waals surface area contributed by atoms with Gasteiger partial charge in [0.1, 0.15) is 0 Å². The average Bonchev–Trinajstić information content (AvgIpc) is 2.61. The molecule has 0 heterocycles. The maximum atomic E-state index is 6.61. The van der Waals surface area contributed by atoms with Crippen molar-refractivity contribution >= 4 is 16.6 Å². The number of allylic oxidation sites excluding steroid dienone is 1. The van der Waals surface area contributed by atoms with Crippen LogP contribution in [0, 0.1) is 6.92 Å². The van der Waals surface area contributed by atoms with Gasteiger partial charge in [-0.05, 0) is 23.6 Å². The van der Waals surface area contributed by atoms with Crippen LogP contribution < -0.4 is 0 Å². The fourth-order valence-corrected chi connectivity index (χ4v) is 2.91. The predicted octanol–water partition coefficient (Wildman–Crippen LogP) is 6.41. The van der Waals surface area contributed by atoms with Crippen LogP contribution in [0.15, 0.2) is 91.0 Å². The highest BCUT2D eigenvalue weighted by atomic mass is 35.5. The molecule has 23 heavy (non-hydrogen) atoms. The van der Waals surface area contributed by atoms with E-state index >= 15 is 0 Å². The van der Waals surface area contributed by atoms with Gasteiger partial charge in [-0.15, -0.1) is 0 Å². The van der Waals surface area contributed by atoms with Gasteiger partial charge in [-0.2, -0.15) is 0 Å². The molecule has 0 radical (unpaired) electrons. The van der Waals surface area contributed by atoms with E-state index in [4.69, 9.17) is 11.6 Å². The zero-order chi connectivity index (χ0) is 16.1. The minimum absolute atomic E-state index is 0.145. The summed E-state index contributed by atoms with van der Waals surface area (Å²) in [6, 6.07) is 29.3. The monoisotopic (exact) mass is 318 g/mol. The number of rotatable bonds is 4. The lowest BCUT2D eigenvalue weighted by Gasteiger charge is -2.15. The normalized spacial score (nSPS) is 11.7. The Labute approximate surface area is 143 Å². The van der Waals surface area contributed by atoms with Crippen molar-refractivity contribution in [2.24, 2.45) is 0 Å². The first-order valence-corrected chi connectivity index (χ1v) is 8.16. The average molecular weight is 319 g/mol. The molecule has 0 unspecified atom stereocenters. The molecule has 114 valence electrons. The third-order valence-corrected chi connectivity index (χ3v) is 4.30. The second-order valence-electron chi connectivity index (χ2n) is 5.68. The Balaban J connectivity index is 2.02. The van der Waals surface area contributed by atoms with Gasteiger partial charge in [-0.25, -0.2) is 0 Å². The lowest BCUT2D eigenvalue weighted by atomic mass is 9.90. The van der Waals surface area contributed by atoms with Crippen molar-refractivity contribution in [3.8, 4) is 0 Å². The fourth-order valence-electron chi connectivity index (χ4n) is 2.66. The van der Waals surface area contributed by atoms with Gasteiger partial charge < -0.3 is 0 Å². The summed E-state index contributed by atoms with van der Waals surface area (Å²) in [5.74, 6) is 0.145. The SMILES string of the molecule is Cc1ccc(C(Cl)=CC(c2ccccc2)c2ccccc2)cc1. The van der Waals surface area contributed by atoms with Crippen molar-refractivity contribution in [1.29, 1.82) is 0 Å². The molecule has 0 saturated carbocycles. The molecule has 0 aliphatic heterocycles. The lowest BCUT2D eigenvalue weighted by Crippen LogP contribution is -1.98. The molecule has 0 amide bonds. The maximum absolute atomic E-state index is 6.61. The standard InChI is InChI=1S/C22H19Cl/c1-17-12-14-20(15-13-17)22(23)16-21(18-8-4-2-5-9-18)19-10-6-3-7-11-19/h2-16,21H,1H3. The van der Waals surface area contributed by atoms with E-state index < -0.39 is 0 Å². The Bertz CT molecular complexity index is 732. The van der Waals surface area contributed by atoms with E-state index in [-0.39, 0.29) is 5.92 Å². The minimum Gasteiger partial charge on any atom is -0.0840 e. The molecular formula is C22H19Cl. The minimum atomic E-state index is 0.145. The zero-order valence-corrected chi connectivity index (χ0v) is 13.9. The van der Waals surface area contributed by atoms with E-state index in [9.17, 15) is 0 Å². The van der Waals surface area contributed by atoms with Gasteiger partial charge in [0.05, 0.1) is 0 Å². The van der Waals surface area contributed by atoms with E-state index in [0.29, 0.717) is 0 Å². The predicted molar refractivity (Wildman–Crippen MR) is 99.7 cm³/mol. The first-order chi connectivity index (χ1) is 11.2. The molecule has 0 aromatic heterocycles. The Morgan fingerprint density at radius 2 is 1.22 bits per heavy atom. The van der Waals surface area contributed by atoms with Gasteiger partial charge >= 0.3 is 0 Å². The van der Waals surface area contributed by atoms with Crippen molar-refractivity contribution in [3.63, 3.8) is 0 Å². The van der Waals surface area contributed by atoms with Crippen LogP contribution in [0.5, 0.6) is 0 Å². The van der Waals surface area contributed by atoms with E-state index in [1.807, 2.05) is 12.1 Å². The molecule has 0 nitrogen and oxygen atoms in total. The van der Waals surface area contributed by atoms with Gasteiger partial charge in [0.25, 0.3) is 0 Å². The van der Waals surface area contributed by atoms with Crippen LogP contribution in [0.3, 0.4) is 0 Å². The highest BCUT2D eigenvalue weighted by molar-refractivity contribution is 6.48. The molecule has 0 spiro atoms. The second-order valence-corrected chi connectivity index (χ2v) is 6.09. The van der Waals surface area contributed by atoms with Crippen LogP contribution in [-0.4, -0.2) is 0 Å². The van der Waals surface area contributed by atoms with Crippen molar-refractivity contribution in [1.82, 2.24) is 0 Å². The number of hydrogen-bond donors (Lipinski definition) is 0. The summed E-state index contributed by atoms with van der Waals surface area (Å²) >= 11 is 6.61. The van der Waals surface area contributed by atoms with Crippen molar-refractivity contribution in [2.45, 2.75) is 12.8 Å². The number of benzene rings is 3. The Hall–Kier alpha value is -2.31. The highest BCUT2D eigenvalue weighted by Gasteiger charge is 2.12. The molecule has 0 aliphatic carbocycles. The Morgan fingerprint density at radius 1 is 0.739 bits per heavy atom. The smallest absolute Gasteiger partial charge is 0.0448 e. The lowest BCUT2D eigenvalue weighted by molar-refractivity contribution is 1.03. The highest BCUT2D eigenvalue weighted by Crippen LogP contribution is 2.31. The number of hydrogen-bond acceptors (Lipinski definition) is 0. The summed E-state index contributed by atoms with van der Waals surface area (Å²) in [7, 11) is 0. The topological polar surface area (TPSA) is 0 Å². The van der Waals surface area contributed by atoms with Crippen LogP contribution >= 0.6 is 11.6 Å². The summed E-state index contributed by atoms with van der Waals surface area (Å²) in [4.78, 5) is 0. The third kappa shape index (κ3) is 3.91. The molecule has 0 fully saturated rings. The van der Waals surface area contributed by atoms with Crippen molar-refractivity contribution < 1.29 is 0 Å². The molecule has 0 aliphatic rings. The van der Waals surface area contributed by atoms with E-state index in [2.05, 4.69) is 85.8 Å². The zero-order valence-electron chi connectivity index (χ0n) is 13.1. The van der Waals surface area contributed by atoms with Crippen LogP contribution in [0.25, 0.3) is 5.03 Å². The first-order valence-electron chi connectivity index (χ1n) is 7.78. The van der Waals surface area contributed by atoms with E-state index in [1.165, 1.54) is 16.7 Å². The molecule has 0 bridgehead atoms. The third-order valence-electron chi connectivity index (χ3n) is 3.96. The fraction of sp³-hybridized carbons (Fsp3) is 0.0909.